The van der Waals surface area contributed by atoms with E-state index in [4.69, 9.17) is 0 Å². The van der Waals surface area contributed by atoms with Crippen LogP contribution in [-0.4, -0.2) is 9.13 Å². The maximum atomic E-state index is 12.1. The molecule has 2 aromatic rings. The lowest BCUT2D eigenvalue weighted by Gasteiger charge is -2.12. The minimum Gasteiger partial charge on any atom is -0.282 e. The minimum absolute atomic E-state index is 0.0404. The highest BCUT2D eigenvalue weighted by Gasteiger charge is 2.15. The molecule has 0 spiro atoms. The van der Waals surface area contributed by atoms with Crippen molar-refractivity contribution in [3.05, 3.63) is 31.8 Å². The molecule has 0 atom stereocenters. The monoisotopic (exact) mass is 316 g/mol. The van der Waals surface area contributed by atoms with Crippen LogP contribution in [0.1, 0.15) is 24.8 Å². The Morgan fingerprint density at radius 2 is 2.06 bits per heavy atom. The second-order valence-corrected chi connectivity index (χ2v) is 5.85. The maximum Gasteiger partial charge on any atom is 0.332 e. The van der Waals surface area contributed by atoms with Gasteiger partial charge in [-0.1, -0.05) is 15.9 Å². The molecule has 0 aromatic carbocycles. The molecular formula is C11H13BrN2O2S. The zero-order valence-electron chi connectivity index (χ0n) is 9.86. The number of hydrogen-bond acceptors (Lipinski definition) is 3. The number of aromatic nitrogens is 2. The fraction of sp³-hybridized carbons (Fsp3) is 0.455. The van der Waals surface area contributed by atoms with Crippen molar-refractivity contribution in [3.63, 3.8) is 0 Å². The van der Waals surface area contributed by atoms with E-state index in [-0.39, 0.29) is 17.3 Å². The van der Waals surface area contributed by atoms with Gasteiger partial charge in [0.2, 0.25) is 0 Å². The van der Waals surface area contributed by atoms with Crippen molar-refractivity contribution < 1.29 is 0 Å². The second-order valence-electron chi connectivity index (χ2n) is 4.18. The molecular weight excluding hydrogens is 304 g/mol. The van der Waals surface area contributed by atoms with Gasteiger partial charge in [0.1, 0.15) is 4.83 Å². The Labute approximate surface area is 111 Å². The molecule has 6 heteroatoms. The molecule has 0 N–H and O–H groups in total. The molecule has 92 valence electrons. The van der Waals surface area contributed by atoms with Crippen molar-refractivity contribution >= 4 is 37.5 Å². The van der Waals surface area contributed by atoms with Gasteiger partial charge in [0, 0.05) is 23.3 Å². The van der Waals surface area contributed by atoms with Gasteiger partial charge < -0.3 is 0 Å². The van der Waals surface area contributed by atoms with Crippen molar-refractivity contribution in [2.24, 2.45) is 7.05 Å². The van der Waals surface area contributed by atoms with Gasteiger partial charge in [0.25, 0.3) is 5.56 Å². The summed E-state index contributed by atoms with van der Waals surface area (Å²) in [6.07, 6.45) is 0. The molecule has 17 heavy (non-hydrogen) atoms. The van der Waals surface area contributed by atoms with Crippen LogP contribution < -0.4 is 11.2 Å². The average Bonchev–Trinajstić information content (AvgIpc) is 2.69. The molecule has 0 aliphatic rings. The van der Waals surface area contributed by atoms with E-state index in [2.05, 4.69) is 15.9 Å². The van der Waals surface area contributed by atoms with Gasteiger partial charge in [-0.3, -0.25) is 13.9 Å². The standard InChI is InChI=1S/C11H13BrN2O2S/c1-6(2)14-10-8(4-7(5-12)17-10)9(15)13(3)11(14)16/h4,6H,5H2,1-3H3. The Hall–Kier alpha value is -0.880. The molecule has 4 nitrogen and oxygen atoms in total. The third-order valence-electron chi connectivity index (χ3n) is 2.66. The fourth-order valence-corrected chi connectivity index (χ4v) is 3.43. The van der Waals surface area contributed by atoms with Crippen molar-refractivity contribution in [2.45, 2.75) is 25.2 Å². The highest BCUT2D eigenvalue weighted by Crippen LogP contribution is 2.25. The zero-order valence-corrected chi connectivity index (χ0v) is 12.3. The molecule has 0 saturated heterocycles. The van der Waals surface area contributed by atoms with Crippen LogP contribution in [0.15, 0.2) is 15.7 Å². The van der Waals surface area contributed by atoms with Crippen LogP contribution in [0.2, 0.25) is 0 Å². The lowest BCUT2D eigenvalue weighted by Crippen LogP contribution is -2.38. The molecule has 2 rings (SSSR count). The molecule has 0 saturated carbocycles. The third-order valence-corrected chi connectivity index (χ3v) is 4.77. The van der Waals surface area contributed by atoms with Gasteiger partial charge in [-0.2, -0.15) is 0 Å². The first-order valence-corrected chi connectivity index (χ1v) is 7.21. The topological polar surface area (TPSA) is 44.0 Å². The molecule has 2 aromatic heterocycles. The van der Waals surface area contributed by atoms with E-state index in [0.717, 1.165) is 9.71 Å². The van der Waals surface area contributed by atoms with E-state index in [9.17, 15) is 9.59 Å². The molecule has 0 bridgehead atoms. The minimum atomic E-state index is -0.250. The molecule has 0 fully saturated rings. The summed E-state index contributed by atoms with van der Waals surface area (Å²) in [5.41, 5.74) is -0.467. The summed E-state index contributed by atoms with van der Waals surface area (Å²) in [6, 6.07) is 1.90. The van der Waals surface area contributed by atoms with Gasteiger partial charge in [0.05, 0.1) is 5.39 Å². The van der Waals surface area contributed by atoms with Crippen LogP contribution in [0.3, 0.4) is 0 Å². The van der Waals surface area contributed by atoms with Crippen molar-refractivity contribution in [1.29, 1.82) is 0 Å². The van der Waals surface area contributed by atoms with Crippen molar-refractivity contribution in [3.8, 4) is 0 Å². The Kier molecular flexibility index (Phi) is 3.27. The second kappa shape index (κ2) is 4.42. The van der Waals surface area contributed by atoms with E-state index in [1.165, 1.54) is 23.0 Å². The molecule has 0 amide bonds. The highest BCUT2D eigenvalue weighted by molar-refractivity contribution is 9.08. The first kappa shape index (κ1) is 12.6. The third kappa shape index (κ3) is 1.89. The summed E-state index contributed by atoms with van der Waals surface area (Å²) < 4.78 is 2.85. The largest absolute Gasteiger partial charge is 0.332 e. The lowest BCUT2D eigenvalue weighted by atomic mass is 10.3. The van der Waals surface area contributed by atoms with Crippen LogP contribution in [0.4, 0.5) is 0 Å². The summed E-state index contributed by atoms with van der Waals surface area (Å²) in [5.74, 6) is 0. The molecule has 0 aliphatic carbocycles. The number of fused-ring (bicyclic) bond motifs is 1. The van der Waals surface area contributed by atoms with Crippen LogP contribution in [0, 0.1) is 0 Å². The van der Waals surface area contributed by atoms with Gasteiger partial charge in [0.15, 0.2) is 0 Å². The molecule has 2 heterocycles. The predicted molar refractivity (Wildman–Crippen MR) is 74.3 cm³/mol. The summed E-state index contributed by atoms with van der Waals surface area (Å²) >= 11 is 4.86. The van der Waals surface area contributed by atoms with Gasteiger partial charge in [-0.15, -0.1) is 11.3 Å². The zero-order chi connectivity index (χ0) is 12.7. The first-order chi connectivity index (χ1) is 7.97. The smallest absolute Gasteiger partial charge is 0.282 e. The summed E-state index contributed by atoms with van der Waals surface area (Å²) in [7, 11) is 1.52. The van der Waals surface area contributed by atoms with E-state index < -0.39 is 0 Å². The normalized spacial score (nSPS) is 11.6. The Morgan fingerprint density at radius 1 is 1.41 bits per heavy atom. The van der Waals surface area contributed by atoms with Gasteiger partial charge in [-0.05, 0) is 19.9 Å². The van der Waals surface area contributed by atoms with E-state index in [1.54, 1.807) is 4.57 Å². The van der Waals surface area contributed by atoms with Crippen LogP contribution in [0.5, 0.6) is 0 Å². The molecule has 0 aliphatic heterocycles. The average molecular weight is 317 g/mol. The Bertz CT molecular complexity index is 681. The summed E-state index contributed by atoms with van der Waals surface area (Å²) in [6.45, 7) is 3.89. The lowest BCUT2D eigenvalue weighted by molar-refractivity contribution is 0.559. The highest BCUT2D eigenvalue weighted by atomic mass is 79.9. The maximum absolute atomic E-state index is 12.1. The van der Waals surface area contributed by atoms with Crippen LogP contribution in [-0.2, 0) is 12.4 Å². The number of halogens is 1. The molecule has 0 radical (unpaired) electrons. The first-order valence-electron chi connectivity index (χ1n) is 5.27. The van der Waals surface area contributed by atoms with Crippen molar-refractivity contribution in [2.75, 3.05) is 0 Å². The number of rotatable bonds is 2. The Balaban J connectivity index is 3.02. The Morgan fingerprint density at radius 3 is 2.59 bits per heavy atom. The quantitative estimate of drug-likeness (QED) is 0.797. The summed E-state index contributed by atoms with van der Waals surface area (Å²) in [4.78, 5) is 25.9. The number of nitrogens with zero attached hydrogens (tertiary/aromatic N) is 2. The summed E-state index contributed by atoms with van der Waals surface area (Å²) in [5, 5.41) is 1.32. The molecule has 0 unspecified atom stereocenters. The number of thiophene rings is 1. The van der Waals surface area contributed by atoms with Crippen LogP contribution >= 0.6 is 27.3 Å². The van der Waals surface area contributed by atoms with E-state index in [0.29, 0.717) is 10.7 Å². The van der Waals surface area contributed by atoms with E-state index >= 15 is 0 Å². The number of hydrogen-bond donors (Lipinski definition) is 0. The predicted octanol–water partition coefficient (Wildman–Crippen LogP) is 2.24. The SMILES string of the molecule is CC(C)n1c(=O)n(C)c(=O)c2cc(CBr)sc21. The van der Waals surface area contributed by atoms with E-state index in [1.807, 2.05) is 19.9 Å². The van der Waals surface area contributed by atoms with Gasteiger partial charge in [-0.25, -0.2) is 4.79 Å². The van der Waals surface area contributed by atoms with Gasteiger partial charge >= 0.3 is 5.69 Å². The fourth-order valence-electron chi connectivity index (χ4n) is 1.80. The van der Waals surface area contributed by atoms with Crippen molar-refractivity contribution in [1.82, 2.24) is 9.13 Å². The van der Waals surface area contributed by atoms with Crippen LogP contribution in [0.25, 0.3) is 10.2 Å². The number of alkyl halides is 1.